The molecule has 7 nitrogen and oxygen atoms in total. The number of aryl methyl sites for hydroxylation is 1. The summed E-state index contributed by atoms with van der Waals surface area (Å²) in [6, 6.07) is 6.55. The van der Waals surface area contributed by atoms with Gasteiger partial charge in [-0.25, -0.2) is 12.7 Å². The summed E-state index contributed by atoms with van der Waals surface area (Å²) in [7, 11) is -1.43. The van der Waals surface area contributed by atoms with Crippen LogP contribution in [-0.4, -0.2) is 52.9 Å². The summed E-state index contributed by atoms with van der Waals surface area (Å²) in [6.07, 6.45) is 0.151. The Hall–Kier alpha value is -2.66. The first kappa shape index (κ1) is 21.6. The lowest BCUT2D eigenvalue weighted by Gasteiger charge is -2.31. The molecule has 1 saturated heterocycles. The van der Waals surface area contributed by atoms with Crippen LogP contribution in [-0.2, 0) is 23.2 Å². The highest BCUT2D eigenvalue weighted by atomic mass is 32.2. The minimum absolute atomic E-state index is 0.118. The Kier molecular flexibility index (Phi) is 5.42. The van der Waals surface area contributed by atoms with Crippen LogP contribution in [0.2, 0.25) is 0 Å². The highest BCUT2D eigenvalue weighted by Gasteiger charge is 2.30. The Morgan fingerprint density at radius 1 is 1.13 bits per heavy atom. The van der Waals surface area contributed by atoms with E-state index < -0.39 is 21.8 Å². The van der Waals surface area contributed by atoms with Crippen molar-refractivity contribution in [3.8, 4) is 11.3 Å². The third-order valence-electron chi connectivity index (χ3n) is 5.48. The number of sulfonamides is 1. The summed E-state index contributed by atoms with van der Waals surface area (Å²) >= 11 is 0. The summed E-state index contributed by atoms with van der Waals surface area (Å²) in [5, 5.41) is 12.6. The van der Waals surface area contributed by atoms with Gasteiger partial charge in [-0.1, -0.05) is 12.1 Å². The molecule has 2 aromatic heterocycles. The fourth-order valence-corrected chi connectivity index (χ4v) is 4.81. The van der Waals surface area contributed by atoms with Crippen LogP contribution in [0.3, 0.4) is 0 Å². The van der Waals surface area contributed by atoms with Crippen LogP contribution in [0, 0.1) is 0 Å². The molecule has 1 aliphatic rings. The standard InChI is InChI=1S/C20H22F3N5O2S/c1-27-11-9-16-17(13-5-7-14(8-6-13)20(21,22)23)25-26-19(18(16)27)24-15-4-3-10-28(12-15)31(2,29)30/h5-9,11,15H,3-4,10,12H2,1-2H3,(H,24,26)/t15-/m1/s1. The van der Waals surface area contributed by atoms with Gasteiger partial charge in [0, 0.05) is 43.3 Å². The molecule has 0 saturated carbocycles. The van der Waals surface area contributed by atoms with Crippen LogP contribution in [0.5, 0.6) is 0 Å². The topological polar surface area (TPSA) is 80.1 Å². The number of halogens is 3. The second-order valence-corrected chi connectivity index (χ2v) is 9.75. The van der Waals surface area contributed by atoms with Crippen LogP contribution in [0.4, 0.5) is 19.0 Å². The smallest absolute Gasteiger partial charge is 0.363 e. The van der Waals surface area contributed by atoms with Crippen molar-refractivity contribution in [3.05, 3.63) is 42.1 Å². The maximum atomic E-state index is 12.9. The third kappa shape index (κ3) is 4.38. The zero-order valence-electron chi connectivity index (χ0n) is 17.0. The number of nitrogens with zero attached hydrogens (tertiary/aromatic N) is 4. The van der Waals surface area contributed by atoms with E-state index in [2.05, 4.69) is 15.5 Å². The van der Waals surface area contributed by atoms with Crippen LogP contribution in [0.15, 0.2) is 36.5 Å². The number of hydrogen-bond donors (Lipinski definition) is 1. The molecule has 0 bridgehead atoms. The highest BCUT2D eigenvalue weighted by Crippen LogP contribution is 2.34. The van der Waals surface area contributed by atoms with Crippen molar-refractivity contribution in [1.82, 2.24) is 19.1 Å². The van der Waals surface area contributed by atoms with Crippen molar-refractivity contribution in [2.75, 3.05) is 24.7 Å². The summed E-state index contributed by atoms with van der Waals surface area (Å²) in [6.45, 7) is 0.836. The van der Waals surface area contributed by atoms with E-state index in [4.69, 9.17) is 0 Å². The van der Waals surface area contributed by atoms with E-state index in [0.29, 0.717) is 30.2 Å². The fourth-order valence-electron chi connectivity index (χ4n) is 3.90. The van der Waals surface area contributed by atoms with Crippen LogP contribution < -0.4 is 5.32 Å². The average Bonchev–Trinajstić information content (AvgIpc) is 3.10. The zero-order valence-corrected chi connectivity index (χ0v) is 17.8. The maximum Gasteiger partial charge on any atom is 0.416 e. The molecule has 166 valence electrons. The molecular formula is C20H22F3N5O2S. The number of benzene rings is 1. The van der Waals surface area contributed by atoms with Gasteiger partial charge in [0.2, 0.25) is 10.0 Å². The van der Waals surface area contributed by atoms with Gasteiger partial charge >= 0.3 is 6.18 Å². The van der Waals surface area contributed by atoms with Gasteiger partial charge in [-0.05, 0) is 31.0 Å². The SMILES string of the molecule is Cn1ccc2c(-c3ccc(C(F)(F)F)cc3)nnc(N[C@@H]3CCCN(S(C)(=O)=O)C3)c21. The summed E-state index contributed by atoms with van der Waals surface area (Å²) in [4.78, 5) is 0. The van der Waals surface area contributed by atoms with Crippen LogP contribution >= 0.6 is 0 Å². The number of anilines is 1. The molecule has 0 amide bonds. The molecule has 1 N–H and O–H groups in total. The van der Waals surface area contributed by atoms with E-state index in [1.807, 2.05) is 23.9 Å². The first-order chi connectivity index (χ1) is 14.5. The van der Waals surface area contributed by atoms with E-state index >= 15 is 0 Å². The molecule has 11 heteroatoms. The molecule has 1 atom stereocenters. The first-order valence-electron chi connectivity index (χ1n) is 9.75. The quantitative estimate of drug-likeness (QED) is 0.654. The number of nitrogens with one attached hydrogen (secondary N) is 1. The van der Waals surface area contributed by atoms with E-state index in [-0.39, 0.29) is 6.04 Å². The van der Waals surface area contributed by atoms with Gasteiger partial charge in [0.05, 0.1) is 17.3 Å². The van der Waals surface area contributed by atoms with Gasteiger partial charge in [0.25, 0.3) is 0 Å². The van der Waals surface area contributed by atoms with E-state index in [0.717, 1.165) is 35.9 Å². The molecule has 0 aliphatic carbocycles. The summed E-state index contributed by atoms with van der Waals surface area (Å²) in [5.74, 6) is 0.513. The Labute approximate surface area is 177 Å². The number of alkyl halides is 3. The second kappa shape index (κ2) is 7.79. The van der Waals surface area contributed by atoms with Gasteiger partial charge in [-0.15, -0.1) is 10.2 Å². The highest BCUT2D eigenvalue weighted by molar-refractivity contribution is 7.88. The molecule has 0 radical (unpaired) electrons. The van der Waals surface area contributed by atoms with Crippen molar-refractivity contribution in [2.45, 2.75) is 25.1 Å². The summed E-state index contributed by atoms with van der Waals surface area (Å²) < 4.78 is 65.7. The zero-order chi connectivity index (χ0) is 22.4. The van der Waals surface area contributed by atoms with Crippen molar-refractivity contribution in [2.24, 2.45) is 7.05 Å². The van der Waals surface area contributed by atoms with Crippen LogP contribution in [0.25, 0.3) is 22.2 Å². The second-order valence-electron chi connectivity index (χ2n) is 7.77. The normalized spacial score (nSPS) is 18.4. The van der Waals surface area contributed by atoms with Gasteiger partial charge in [-0.2, -0.15) is 13.2 Å². The van der Waals surface area contributed by atoms with Crippen molar-refractivity contribution in [1.29, 1.82) is 0 Å². The Balaban J connectivity index is 1.66. The summed E-state index contributed by atoms with van der Waals surface area (Å²) in [5.41, 5.74) is 1.04. The van der Waals surface area contributed by atoms with Crippen molar-refractivity contribution in [3.63, 3.8) is 0 Å². The Morgan fingerprint density at radius 2 is 1.84 bits per heavy atom. The Bertz CT molecular complexity index is 1210. The molecule has 3 heterocycles. The predicted molar refractivity (Wildman–Crippen MR) is 112 cm³/mol. The van der Waals surface area contributed by atoms with E-state index in [9.17, 15) is 21.6 Å². The number of fused-ring (bicyclic) bond motifs is 1. The van der Waals surface area contributed by atoms with E-state index in [1.165, 1.54) is 22.7 Å². The van der Waals surface area contributed by atoms with Gasteiger partial charge in [0.1, 0.15) is 5.69 Å². The lowest BCUT2D eigenvalue weighted by atomic mass is 10.1. The maximum absolute atomic E-state index is 12.9. The molecule has 31 heavy (non-hydrogen) atoms. The molecule has 4 rings (SSSR count). The number of piperidine rings is 1. The molecule has 1 aromatic carbocycles. The number of hydrogen-bond acceptors (Lipinski definition) is 5. The van der Waals surface area contributed by atoms with Gasteiger partial charge in [0.15, 0.2) is 5.82 Å². The van der Waals surface area contributed by atoms with Crippen molar-refractivity contribution >= 4 is 26.7 Å². The number of rotatable bonds is 4. The largest absolute Gasteiger partial charge is 0.416 e. The molecule has 3 aromatic rings. The molecular weight excluding hydrogens is 431 g/mol. The predicted octanol–water partition coefficient (Wildman–Crippen LogP) is 3.49. The number of aromatic nitrogens is 3. The first-order valence-corrected chi connectivity index (χ1v) is 11.6. The minimum atomic E-state index is -4.40. The molecule has 0 unspecified atom stereocenters. The average molecular weight is 453 g/mol. The molecule has 1 aliphatic heterocycles. The fraction of sp³-hybridized carbons (Fsp3) is 0.400. The van der Waals surface area contributed by atoms with Crippen molar-refractivity contribution < 1.29 is 21.6 Å². The minimum Gasteiger partial charge on any atom is -0.363 e. The monoisotopic (exact) mass is 453 g/mol. The molecule has 0 spiro atoms. The lowest BCUT2D eigenvalue weighted by Crippen LogP contribution is -2.44. The lowest BCUT2D eigenvalue weighted by molar-refractivity contribution is -0.137. The third-order valence-corrected chi connectivity index (χ3v) is 6.75. The molecule has 1 fully saturated rings. The Morgan fingerprint density at radius 3 is 2.48 bits per heavy atom. The van der Waals surface area contributed by atoms with Gasteiger partial charge in [-0.3, -0.25) is 0 Å². The van der Waals surface area contributed by atoms with E-state index in [1.54, 1.807) is 0 Å². The van der Waals surface area contributed by atoms with Crippen LogP contribution in [0.1, 0.15) is 18.4 Å². The van der Waals surface area contributed by atoms with Gasteiger partial charge < -0.3 is 9.88 Å².